The largest absolute Gasteiger partial charge is 0.147 e. The molecule has 0 saturated heterocycles. The second kappa shape index (κ2) is 17.6. The maximum absolute atomic E-state index is 6.64. The van der Waals surface area contributed by atoms with Crippen molar-refractivity contribution in [2.75, 3.05) is 0 Å². The topological polar surface area (TPSA) is 26.3 Å². The summed E-state index contributed by atoms with van der Waals surface area (Å²) in [5.41, 5.74) is 19.2. The van der Waals surface area contributed by atoms with Gasteiger partial charge in [0.25, 0.3) is 0 Å². The summed E-state index contributed by atoms with van der Waals surface area (Å²) < 4.78 is 14.0. The molecular weight excluding hydrogens is 823 g/mol. The summed E-state index contributed by atoms with van der Waals surface area (Å²) >= 11 is -2.71. The Morgan fingerprint density at radius 3 is 1.27 bits per heavy atom. The van der Waals surface area contributed by atoms with Gasteiger partial charge in [0.1, 0.15) is 0 Å². The van der Waals surface area contributed by atoms with Crippen molar-refractivity contribution >= 4 is 53.5 Å². The van der Waals surface area contributed by atoms with Gasteiger partial charge in [-0.3, -0.25) is 0 Å². The van der Waals surface area contributed by atoms with Crippen LogP contribution in [-0.4, -0.2) is 5.43 Å². The Morgan fingerprint density at radius 2 is 0.946 bits per heavy atom. The van der Waals surface area contributed by atoms with Crippen LogP contribution in [0.1, 0.15) is 101 Å². The quantitative estimate of drug-likeness (QED) is 0.128. The first-order chi connectivity index (χ1) is 26.2. The number of furan rings is 2. The van der Waals surface area contributed by atoms with E-state index in [1.54, 1.807) is 11.1 Å². The summed E-state index contributed by atoms with van der Waals surface area (Å²) in [6.45, 7) is 18.8. The Labute approximate surface area is 354 Å². The minimum atomic E-state index is -2.71. The average Bonchev–Trinajstić information content (AvgIpc) is 3.96. The van der Waals surface area contributed by atoms with Crippen molar-refractivity contribution in [2.45, 2.75) is 87.6 Å². The third-order valence-electron chi connectivity index (χ3n) is 11.8. The molecule has 6 heteroatoms. The molecule has 6 aromatic rings. The Morgan fingerprint density at radius 1 is 0.554 bits per heavy atom. The molecule has 0 bridgehead atoms. The van der Waals surface area contributed by atoms with Crippen LogP contribution in [0.4, 0.5) is 0 Å². The SMILES string of the molecule is CCCc1cc2c(c(-c3ccccc3)c1C)C=C(c1ccc(C)o1)[CH]2[Zr]([CH]1C(c2ccc(C)o2)=Cc2c1cc(CCC)c(C)c2-c1ccccc1)=[Si](C)C.Cl.Cl. The molecule has 8 rings (SSSR count). The fraction of sp³-hybridized carbons (Fsp3) is 0.280. The molecule has 0 saturated carbocycles. The molecule has 56 heavy (non-hydrogen) atoms. The van der Waals surface area contributed by atoms with E-state index in [9.17, 15) is 0 Å². The number of fused-ring (bicyclic) bond motifs is 2. The van der Waals surface area contributed by atoms with Crippen molar-refractivity contribution in [1.82, 2.24) is 0 Å². The van der Waals surface area contributed by atoms with Crippen molar-refractivity contribution < 1.29 is 29.2 Å². The Balaban J connectivity index is 0.00000266. The number of benzene rings is 4. The number of rotatable bonds is 10. The molecule has 2 unspecified atom stereocenters. The standard InChI is InChI=1S/2C24H23O.C2H6Si.2ClH.Zr/c2*1-4-8-19-13-20-14-21(23-12-11-16(2)25-23)15-22(20)24(17(19)3)18-9-6-5-7-10-18;1-3-2;;;/h2*5-7,9-15H,4,8H2,1-3H3;1-2H3;2*1H;. The zero-order valence-corrected chi connectivity index (χ0v) is 39.1. The molecule has 0 N–H and O–H groups in total. The van der Waals surface area contributed by atoms with Crippen molar-refractivity contribution in [1.29, 1.82) is 0 Å². The van der Waals surface area contributed by atoms with E-state index < -0.39 is 25.8 Å². The van der Waals surface area contributed by atoms with Crippen molar-refractivity contribution in [3.05, 3.63) is 165 Å². The molecule has 0 fully saturated rings. The molecule has 0 spiro atoms. The van der Waals surface area contributed by atoms with Gasteiger partial charge in [-0.2, -0.15) is 0 Å². The minimum Gasteiger partial charge on any atom is -0.147 e. The van der Waals surface area contributed by atoms with Crippen molar-refractivity contribution in [3.8, 4) is 22.3 Å². The van der Waals surface area contributed by atoms with E-state index in [1.807, 2.05) is 0 Å². The number of halogens is 2. The number of allylic oxidation sites excluding steroid dienone is 2. The molecule has 288 valence electrons. The van der Waals surface area contributed by atoms with Crippen molar-refractivity contribution in [3.63, 3.8) is 0 Å². The fourth-order valence-corrected chi connectivity index (χ4v) is 29.1. The minimum absolute atomic E-state index is 0. The monoisotopic (exact) mass is 874 g/mol. The van der Waals surface area contributed by atoms with Crippen LogP contribution in [0, 0.1) is 27.7 Å². The Bertz CT molecular complexity index is 2310. The van der Waals surface area contributed by atoms with Gasteiger partial charge in [0.2, 0.25) is 0 Å². The van der Waals surface area contributed by atoms with Gasteiger partial charge in [0, 0.05) is 0 Å². The Kier molecular flexibility index (Phi) is 13.3. The van der Waals surface area contributed by atoms with E-state index in [2.05, 4.69) is 164 Å². The first-order valence-corrected chi connectivity index (χ1v) is 28.9. The first-order valence-electron chi connectivity index (χ1n) is 19.9. The van der Waals surface area contributed by atoms with Gasteiger partial charge in [-0.1, -0.05) is 0 Å². The zero-order valence-electron chi connectivity index (χ0n) is 34.0. The van der Waals surface area contributed by atoms with E-state index in [0.717, 1.165) is 48.7 Å². The normalized spacial score (nSPS) is 15.4. The molecule has 2 aliphatic carbocycles. The van der Waals surface area contributed by atoms with E-state index >= 15 is 0 Å². The molecule has 2 nitrogen and oxygen atoms in total. The maximum atomic E-state index is 6.64. The van der Waals surface area contributed by atoms with Crippen LogP contribution < -0.4 is 0 Å². The van der Waals surface area contributed by atoms with E-state index in [-0.39, 0.29) is 24.8 Å². The summed E-state index contributed by atoms with van der Waals surface area (Å²) in [5.74, 6) is 4.03. The second-order valence-electron chi connectivity index (χ2n) is 15.7. The molecule has 2 aliphatic rings. The predicted octanol–water partition coefficient (Wildman–Crippen LogP) is 14.9. The van der Waals surface area contributed by atoms with Gasteiger partial charge in [-0.25, -0.2) is 0 Å². The molecule has 2 aromatic heterocycles. The number of hydrogen-bond donors (Lipinski definition) is 0. The van der Waals surface area contributed by atoms with Gasteiger partial charge >= 0.3 is 332 Å². The molecule has 0 amide bonds. The van der Waals surface area contributed by atoms with Gasteiger partial charge < -0.3 is 0 Å². The van der Waals surface area contributed by atoms with Crippen LogP contribution in [-0.2, 0) is 33.2 Å². The zero-order chi connectivity index (χ0) is 37.7. The third-order valence-corrected chi connectivity index (χ3v) is 31.0. The van der Waals surface area contributed by atoms with Crippen LogP contribution in [0.25, 0.3) is 45.6 Å². The molecular formula is C50H54Cl2O2SiZr. The van der Waals surface area contributed by atoms with E-state index in [0.29, 0.717) is 7.25 Å². The molecule has 4 aromatic carbocycles. The smallest absolute Gasteiger partial charge is 0.147 e. The average molecular weight is 877 g/mol. The first kappa shape index (κ1) is 42.2. The second-order valence-corrected chi connectivity index (χ2v) is 33.5. The van der Waals surface area contributed by atoms with E-state index in [4.69, 9.17) is 8.83 Å². The summed E-state index contributed by atoms with van der Waals surface area (Å²) in [7, 11) is 0. The van der Waals surface area contributed by atoms with Crippen LogP contribution in [0.5, 0.6) is 0 Å². The summed E-state index contributed by atoms with van der Waals surface area (Å²) in [5, 5.41) is 0. The molecule has 0 aliphatic heterocycles. The van der Waals surface area contributed by atoms with Gasteiger partial charge in [-0.15, -0.1) is 24.8 Å². The Hall–Kier alpha value is -3.40. The van der Waals surface area contributed by atoms with Gasteiger partial charge in [-0.05, 0) is 0 Å². The summed E-state index contributed by atoms with van der Waals surface area (Å²) in [6.07, 6.45) is 9.52. The summed E-state index contributed by atoms with van der Waals surface area (Å²) in [4.78, 5) is 0. The van der Waals surface area contributed by atoms with Crippen LogP contribution >= 0.6 is 24.8 Å². The van der Waals surface area contributed by atoms with E-state index in [1.165, 1.54) is 66.8 Å². The van der Waals surface area contributed by atoms with Gasteiger partial charge in [0.15, 0.2) is 0 Å². The molecule has 2 heterocycles. The molecule has 0 radical (unpaired) electrons. The van der Waals surface area contributed by atoms with Crippen molar-refractivity contribution in [2.24, 2.45) is 0 Å². The van der Waals surface area contributed by atoms with Crippen LogP contribution in [0.3, 0.4) is 0 Å². The van der Waals surface area contributed by atoms with Crippen LogP contribution in [0.2, 0.25) is 13.1 Å². The van der Waals surface area contributed by atoms with Crippen LogP contribution in [0.15, 0.2) is 106 Å². The third kappa shape index (κ3) is 7.53. The molecule has 2 atom stereocenters. The predicted molar refractivity (Wildman–Crippen MR) is 241 cm³/mol. The van der Waals surface area contributed by atoms with Gasteiger partial charge in [0.05, 0.1) is 0 Å². The number of aryl methyl sites for hydroxylation is 4. The maximum Gasteiger partial charge on any atom is -0.147 e. The summed E-state index contributed by atoms with van der Waals surface area (Å²) in [6, 6.07) is 36.3. The number of hydrogen-bond acceptors (Lipinski definition) is 2. The fourth-order valence-electron chi connectivity index (χ4n) is 9.39.